The van der Waals surface area contributed by atoms with Crippen molar-refractivity contribution in [2.45, 2.75) is 31.8 Å². The highest BCUT2D eigenvalue weighted by Crippen LogP contribution is 2.22. The Hall–Kier alpha value is -2.93. The number of halogens is 1. The van der Waals surface area contributed by atoms with Gasteiger partial charge in [0.15, 0.2) is 0 Å². The van der Waals surface area contributed by atoms with Gasteiger partial charge in [-0.05, 0) is 48.6 Å². The van der Waals surface area contributed by atoms with E-state index in [4.69, 9.17) is 4.74 Å². The van der Waals surface area contributed by atoms with Crippen LogP contribution in [-0.2, 0) is 9.53 Å². The highest BCUT2D eigenvalue weighted by atomic mass is 19.1. The third-order valence-corrected chi connectivity index (χ3v) is 5.16. The summed E-state index contributed by atoms with van der Waals surface area (Å²) in [6.07, 6.45) is 1.49. The Balaban J connectivity index is 1.59. The van der Waals surface area contributed by atoms with E-state index in [1.807, 2.05) is 31.2 Å². The molecule has 6 nitrogen and oxygen atoms in total. The fourth-order valence-electron chi connectivity index (χ4n) is 3.48. The molecular formula is C22H25FN2O4. The normalized spacial score (nSPS) is 18.5. The van der Waals surface area contributed by atoms with E-state index in [-0.39, 0.29) is 17.8 Å². The van der Waals surface area contributed by atoms with Gasteiger partial charge in [-0.3, -0.25) is 0 Å². The smallest absolute Gasteiger partial charge is 0.326 e. The minimum atomic E-state index is -1.06. The summed E-state index contributed by atoms with van der Waals surface area (Å²) in [5, 5.41) is 14.8. The molecule has 29 heavy (non-hydrogen) atoms. The Morgan fingerprint density at radius 1 is 1.07 bits per heavy atom. The van der Waals surface area contributed by atoms with Crippen LogP contribution in [-0.4, -0.2) is 36.4 Å². The maximum Gasteiger partial charge on any atom is 0.326 e. The summed E-state index contributed by atoms with van der Waals surface area (Å²) in [6, 6.07) is 12.0. The number of ether oxygens (including phenoxy) is 1. The van der Waals surface area contributed by atoms with Crippen LogP contribution < -0.4 is 10.6 Å². The van der Waals surface area contributed by atoms with E-state index < -0.39 is 18.0 Å². The molecule has 1 aliphatic rings. The van der Waals surface area contributed by atoms with Gasteiger partial charge in [0.1, 0.15) is 11.9 Å². The van der Waals surface area contributed by atoms with Crippen LogP contribution in [0.15, 0.2) is 48.5 Å². The molecule has 3 rings (SSSR count). The van der Waals surface area contributed by atoms with E-state index >= 15 is 0 Å². The fraction of sp³-hybridized carbons (Fsp3) is 0.364. The third kappa shape index (κ3) is 5.54. The minimum absolute atomic E-state index is 0.239. The first-order chi connectivity index (χ1) is 13.9. The predicted molar refractivity (Wildman–Crippen MR) is 107 cm³/mol. The molecule has 2 aromatic rings. The lowest BCUT2D eigenvalue weighted by atomic mass is 9.94. The van der Waals surface area contributed by atoms with Crippen molar-refractivity contribution in [1.82, 2.24) is 10.6 Å². The van der Waals surface area contributed by atoms with Crippen molar-refractivity contribution < 1.29 is 23.8 Å². The molecule has 3 unspecified atom stereocenters. The molecule has 1 fully saturated rings. The van der Waals surface area contributed by atoms with Crippen LogP contribution in [0, 0.1) is 11.7 Å². The van der Waals surface area contributed by atoms with Crippen molar-refractivity contribution in [3.05, 3.63) is 59.9 Å². The van der Waals surface area contributed by atoms with Gasteiger partial charge in [-0.2, -0.15) is 0 Å². The van der Waals surface area contributed by atoms with Crippen LogP contribution in [0.2, 0.25) is 0 Å². The van der Waals surface area contributed by atoms with Gasteiger partial charge in [-0.1, -0.05) is 36.4 Å². The molecule has 0 radical (unpaired) electrons. The van der Waals surface area contributed by atoms with Gasteiger partial charge in [0, 0.05) is 12.5 Å². The van der Waals surface area contributed by atoms with Crippen LogP contribution in [0.25, 0.3) is 11.1 Å². The van der Waals surface area contributed by atoms with Crippen molar-refractivity contribution in [1.29, 1.82) is 0 Å². The Kier molecular flexibility index (Phi) is 6.82. The molecule has 3 atom stereocenters. The fourth-order valence-corrected chi connectivity index (χ4v) is 3.48. The number of urea groups is 1. The molecule has 1 saturated heterocycles. The lowest BCUT2D eigenvalue weighted by Crippen LogP contribution is -2.51. The first-order valence-corrected chi connectivity index (χ1v) is 9.67. The quantitative estimate of drug-likeness (QED) is 0.689. The summed E-state index contributed by atoms with van der Waals surface area (Å²) in [5.74, 6) is -1.59. The zero-order valence-electron chi connectivity index (χ0n) is 16.2. The van der Waals surface area contributed by atoms with Gasteiger partial charge in [-0.25, -0.2) is 14.0 Å². The summed E-state index contributed by atoms with van der Waals surface area (Å²) < 4.78 is 18.4. The maximum absolute atomic E-state index is 13.1. The number of benzene rings is 2. The Morgan fingerprint density at radius 2 is 1.69 bits per heavy atom. The van der Waals surface area contributed by atoms with E-state index in [0.717, 1.165) is 23.1 Å². The van der Waals surface area contributed by atoms with Gasteiger partial charge in [0.05, 0.1) is 12.6 Å². The Labute approximate surface area is 169 Å². The molecule has 1 heterocycles. The van der Waals surface area contributed by atoms with Crippen molar-refractivity contribution in [3.8, 4) is 11.1 Å². The number of carbonyl (C=O) groups excluding carboxylic acids is 1. The molecule has 2 amide bonds. The summed E-state index contributed by atoms with van der Waals surface area (Å²) >= 11 is 0. The van der Waals surface area contributed by atoms with Gasteiger partial charge in [-0.15, -0.1) is 0 Å². The van der Waals surface area contributed by atoms with Gasteiger partial charge in [0.25, 0.3) is 0 Å². The number of nitrogens with one attached hydrogen (secondary N) is 2. The van der Waals surface area contributed by atoms with E-state index in [1.54, 1.807) is 12.1 Å². The van der Waals surface area contributed by atoms with Crippen LogP contribution in [0.4, 0.5) is 9.18 Å². The largest absolute Gasteiger partial charge is 0.480 e. The standard InChI is InChI=1S/C22H25FN2O4/c1-14(15-4-6-16(7-5-15)17-8-10-19(23)11-9-17)24-22(28)25-20(21(26)27)18-3-2-12-29-13-18/h4-11,14,18,20H,2-3,12-13H2,1H3,(H,26,27)(H2,24,25,28). The average Bonchev–Trinajstić information content (AvgIpc) is 2.73. The van der Waals surface area contributed by atoms with Crippen LogP contribution in [0.5, 0.6) is 0 Å². The second kappa shape index (κ2) is 9.52. The van der Waals surface area contributed by atoms with E-state index in [9.17, 15) is 19.1 Å². The molecule has 0 saturated carbocycles. The van der Waals surface area contributed by atoms with Gasteiger partial charge in [0.2, 0.25) is 0 Å². The molecular weight excluding hydrogens is 375 g/mol. The molecule has 154 valence electrons. The van der Waals surface area contributed by atoms with Crippen LogP contribution in [0.3, 0.4) is 0 Å². The first kappa shape index (κ1) is 20.8. The topological polar surface area (TPSA) is 87.7 Å². The molecule has 3 N–H and O–H groups in total. The second-order valence-electron chi connectivity index (χ2n) is 7.26. The lowest BCUT2D eigenvalue weighted by Gasteiger charge is -2.28. The number of hydrogen-bond donors (Lipinski definition) is 3. The number of amides is 2. The highest BCUT2D eigenvalue weighted by molar-refractivity contribution is 5.83. The molecule has 0 spiro atoms. The van der Waals surface area contributed by atoms with Gasteiger partial charge < -0.3 is 20.5 Å². The molecule has 2 aromatic carbocycles. The zero-order valence-corrected chi connectivity index (χ0v) is 16.2. The van der Waals surface area contributed by atoms with Crippen LogP contribution >= 0.6 is 0 Å². The monoisotopic (exact) mass is 400 g/mol. The van der Waals surface area contributed by atoms with Crippen molar-refractivity contribution in [2.75, 3.05) is 13.2 Å². The molecule has 0 aromatic heterocycles. The van der Waals surface area contributed by atoms with Crippen molar-refractivity contribution in [3.63, 3.8) is 0 Å². The SMILES string of the molecule is CC(NC(=O)NC(C(=O)O)C1CCCOC1)c1ccc(-c2ccc(F)cc2)cc1. The van der Waals surface area contributed by atoms with Crippen molar-refractivity contribution in [2.24, 2.45) is 5.92 Å². The van der Waals surface area contributed by atoms with Crippen LogP contribution in [0.1, 0.15) is 31.4 Å². The second-order valence-corrected chi connectivity index (χ2v) is 7.26. The maximum atomic E-state index is 13.1. The Morgan fingerprint density at radius 3 is 2.24 bits per heavy atom. The minimum Gasteiger partial charge on any atom is -0.480 e. The lowest BCUT2D eigenvalue weighted by molar-refractivity contribution is -0.142. The number of carboxylic acids is 1. The number of carbonyl (C=O) groups is 2. The average molecular weight is 400 g/mol. The molecule has 1 aliphatic heterocycles. The first-order valence-electron chi connectivity index (χ1n) is 9.67. The number of hydrogen-bond acceptors (Lipinski definition) is 3. The summed E-state index contributed by atoms with van der Waals surface area (Å²) in [5.41, 5.74) is 2.71. The number of carboxylic acid groups (broad SMARTS) is 1. The summed E-state index contributed by atoms with van der Waals surface area (Å²) in [4.78, 5) is 23.9. The molecule has 0 aliphatic carbocycles. The number of rotatable bonds is 6. The van der Waals surface area contributed by atoms with E-state index in [2.05, 4.69) is 10.6 Å². The summed E-state index contributed by atoms with van der Waals surface area (Å²) in [6.45, 7) is 2.78. The van der Waals surface area contributed by atoms with Crippen molar-refractivity contribution >= 4 is 12.0 Å². The van der Waals surface area contributed by atoms with Gasteiger partial charge >= 0.3 is 12.0 Å². The van der Waals surface area contributed by atoms with E-state index in [0.29, 0.717) is 19.6 Å². The summed E-state index contributed by atoms with van der Waals surface area (Å²) in [7, 11) is 0. The predicted octanol–water partition coefficient (Wildman–Crippen LogP) is 3.73. The zero-order chi connectivity index (χ0) is 20.8. The van der Waals surface area contributed by atoms with E-state index in [1.165, 1.54) is 12.1 Å². The third-order valence-electron chi connectivity index (χ3n) is 5.16. The number of aliphatic carboxylic acids is 1. The molecule has 0 bridgehead atoms. The highest BCUT2D eigenvalue weighted by Gasteiger charge is 2.31. The molecule has 7 heteroatoms. The Bertz CT molecular complexity index is 833.